The topological polar surface area (TPSA) is 26.0 Å². The quantitative estimate of drug-likeness (QED) is 0.467. The van der Waals surface area contributed by atoms with Gasteiger partial charge in [0.25, 0.3) is 0 Å². The van der Waals surface area contributed by atoms with Gasteiger partial charge >= 0.3 is 0 Å². The molecule has 3 fully saturated rings. The molecule has 0 aromatic carbocycles. The SMILES string of the molecule is CC(C)C(C)(C)CCCC1CCC2C1(C)CCC1C3(C)CCCCC3=CCC12N. The first-order valence-electron chi connectivity index (χ1n) is 13.0. The van der Waals surface area contributed by atoms with Gasteiger partial charge in [-0.2, -0.15) is 0 Å². The molecule has 0 saturated heterocycles. The smallest absolute Gasteiger partial charge is 0.0260 e. The lowest BCUT2D eigenvalue weighted by Crippen LogP contribution is -2.65. The predicted molar refractivity (Wildman–Crippen MR) is 126 cm³/mol. The van der Waals surface area contributed by atoms with E-state index in [2.05, 4.69) is 47.6 Å². The molecule has 4 aliphatic rings. The van der Waals surface area contributed by atoms with Gasteiger partial charge in [-0.15, -0.1) is 0 Å². The van der Waals surface area contributed by atoms with Gasteiger partial charge in [-0.05, 0) is 104 Å². The molecule has 166 valence electrons. The van der Waals surface area contributed by atoms with Crippen LogP contribution in [-0.2, 0) is 0 Å². The molecule has 0 bridgehead atoms. The zero-order valence-corrected chi connectivity index (χ0v) is 20.4. The zero-order chi connectivity index (χ0) is 21.1. The summed E-state index contributed by atoms with van der Waals surface area (Å²) in [5.74, 6) is 3.15. The van der Waals surface area contributed by atoms with Gasteiger partial charge in [0.1, 0.15) is 0 Å². The van der Waals surface area contributed by atoms with Crippen LogP contribution in [0.2, 0.25) is 0 Å². The van der Waals surface area contributed by atoms with E-state index in [9.17, 15) is 0 Å². The van der Waals surface area contributed by atoms with Crippen molar-refractivity contribution >= 4 is 0 Å². The first kappa shape index (κ1) is 21.9. The third-order valence-electron chi connectivity index (χ3n) is 11.3. The van der Waals surface area contributed by atoms with Gasteiger partial charge in [0.05, 0.1) is 0 Å². The Labute approximate surface area is 181 Å². The molecule has 0 spiro atoms. The molecule has 1 nitrogen and oxygen atoms in total. The Morgan fingerprint density at radius 3 is 2.55 bits per heavy atom. The zero-order valence-electron chi connectivity index (χ0n) is 20.4. The van der Waals surface area contributed by atoms with Crippen LogP contribution in [0.15, 0.2) is 11.6 Å². The van der Waals surface area contributed by atoms with E-state index in [1.165, 1.54) is 70.6 Å². The highest BCUT2D eigenvalue weighted by atomic mass is 14.9. The summed E-state index contributed by atoms with van der Waals surface area (Å²) in [6.07, 6.45) is 19.2. The first-order chi connectivity index (χ1) is 13.5. The van der Waals surface area contributed by atoms with Crippen molar-refractivity contribution < 1.29 is 0 Å². The summed E-state index contributed by atoms with van der Waals surface area (Å²) in [6.45, 7) is 15.0. The van der Waals surface area contributed by atoms with Crippen molar-refractivity contribution in [2.24, 2.45) is 45.7 Å². The lowest BCUT2D eigenvalue weighted by Gasteiger charge is -2.62. The molecule has 0 radical (unpaired) electrons. The number of hydrogen-bond acceptors (Lipinski definition) is 1. The van der Waals surface area contributed by atoms with Crippen molar-refractivity contribution in [1.82, 2.24) is 0 Å². The molecule has 0 heterocycles. The second-order valence-electron chi connectivity index (χ2n) is 13.1. The van der Waals surface area contributed by atoms with Crippen LogP contribution in [-0.4, -0.2) is 5.54 Å². The molecule has 0 aromatic heterocycles. The largest absolute Gasteiger partial charge is 0.324 e. The van der Waals surface area contributed by atoms with Crippen molar-refractivity contribution in [3.05, 3.63) is 11.6 Å². The van der Waals surface area contributed by atoms with Gasteiger partial charge in [0.15, 0.2) is 0 Å². The van der Waals surface area contributed by atoms with E-state index >= 15 is 0 Å². The van der Waals surface area contributed by atoms with Gasteiger partial charge in [0, 0.05) is 5.54 Å². The second kappa shape index (κ2) is 7.39. The van der Waals surface area contributed by atoms with Crippen molar-refractivity contribution in [2.45, 2.75) is 124 Å². The molecular weight excluding hydrogens is 350 g/mol. The highest BCUT2D eigenvalue weighted by Crippen LogP contribution is 2.67. The van der Waals surface area contributed by atoms with Gasteiger partial charge in [-0.3, -0.25) is 0 Å². The minimum Gasteiger partial charge on any atom is -0.324 e. The highest BCUT2D eigenvalue weighted by molar-refractivity contribution is 5.29. The van der Waals surface area contributed by atoms with Crippen LogP contribution >= 0.6 is 0 Å². The fraction of sp³-hybridized carbons (Fsp3) is 0.929. The van der Waals surface area contributed by atoms with Gasteiger partial charge in [0.2, 0.25) is 0 Å². The molecule has 4 aliphatic carbocycles. The van der Waals surface area contributed by atoms with Crippen molar-refractivity contribution in [3.8, 4) is 0 Å². The Balaban J connectivity index is 1.50. The van der Waals surface area contributed by atoms with Crippen molar-refractivity contribution in [1.29, 1.82) is 0 Å². The van der Waals surface area contributed by atoms with E-state index in [1.807, 2.05) is 0 Å². The van der Waals surface area contributed by atoms with Crippen LogP contribution < -0.4 is 5.73 Å². The van der Waals surface area contributed by atoms with Crippen LogP contribution in [0.3, 0.4) is 0 Å². The van der Waals surface area contributed by atoms with Crippen molar-refractivity contribution in [2.75, 3.05) is 0 Å². The van der Waals surface area contributed by atoms with E-state index in [0.717, 1.165) is 30.1 Å². The molecule has 3 saturated carbocycles. The fourth-order valence-electron chi connectivity index (χ4n) is 8.59. The Morgan fingerprint density at radius 1 is 1.07 bits per heavy atom. The Kier molecular flexibility index (Phi) is 5.58. The molecule has 0 aliphatic heterocycles. The lowest BCUT2D eigenvalue weighted by atomic mass is 9.44. The Hall–Kier alpha value is -0.300. The molecule has 4 rings (SSSR count). The molecule has 29 heavy (non-hydrogen) atoms. The lowest BCUT2D eigenvalue weighted by molar-refractivity contribution is -0.0616. The van der Waals surface area contributed by atoms with Crippen molar-refractivity contribution in [3.63, 3.8) is 0 Å². The van der Waals surface area contributed by atoms with E-state index in [4.69, 9.17) is 5.73 Å². The van der Waals surface area contributed by atoms with E-state index in [0.29, 0.717) is 16.2 Å². The predicted octanol–water partition coefficient (Wildman–Crippen LogP) is 7.89. The summed E-state index contributed by atoms with van der Waals surface area (Å²) in [4.78, 5) is 0. The third-order valence-corrected chi connectivity index (χ3v) is 11.3. The highest BCUT2D eigenvalue weighted by Gasteiger charge is 2.63. The van der Waals surface area contributed by atoms with E-state index in [-0.39, 0.29) is 5.54 Å². The summed E-state index contributed by atoms with van der Waals surface area (Å²) < 4.78 is 0. The molecule has 0 amide bonds. The minimum atomic E-state index is 0.0640. The molecular formula is C28H49N. The second-order valence-corrected chi connectivity index (χ2v) is 13.1. The first-order valence-corrected chi connectivity index (χ1v) is 13.0. The number of hydrogen-bond donors (Lipinski definition) is 1. The molecule has 0 aromatic rings. The normalized spacial score (nSPS) is 44.8. The summed E-state index contributed by atoms with van der Waals surface area (Å²) in [5, 5.41) is 0. The number of allylic oxidation sites excluding steroid dienone is 1. The third kappa shape index (κ3) is 3.37. The Bertz CT molecular complexity index is 645. The minimum absolute atomic E-state index is 0.0640. The maximum atomic E-state index is 7.48. The van der Waals surface area contributed by atoms with E-state index < -0.39 is 0 Å². The maximum Gasteiger partial charge on any atom is 0.0260 e. The summed E-state index contributed by atoms with van der Waals surface area (Å²) in [7, 11) is 0. The van der Waals surface area contributed by atoms with Crippen LogP contribution in [0.4, 0.5) is 0 Å². The summed E-state index contributed by atoms with van der Waals surface area (Å²) >= 11 is 0. The van der Waals surface area contributed by atoms with Gasteiger partial charge in [-0.1, -0.05) is 66.0 Å². The van der Waals surface area contributed by atoms with Crippen LogP contribution in [0.25, 0.3) is 0 Å². The maximum absolute atomic E-state index is 7.48. The molecule has 1 heteroatoms. The van der Waals surface area contributed by atoms with Crippen LogP contribution in [0, 0.1) is 39.9 Å². The van der Waals surface area contributed by atoms with Crippen LogP contribution in [0.1, 0.15) is 119 Å². The van der Waals surface area contributed by atoms with Crippen LogP contribution in [0.5, 0.6) is 0 Å². The number of fused-ring (bicyclic) bond motifs is 5. The average molecular weight is 400 g/mol. The Morgan fingerprint density at radius 2 is 1.83 bits per heavy atom. The summed E-state index contributed by atoms with van der Waals surface area (Å²) in [5.41, 5.74) is 10.7. The molecule has 2 N–H and O–H groups in total. The summed E-state index contributed by atoms with van der Waals surface area (Å²) in [6, 6.07) is 0. The monoisotopic (exact) mass is 399 g/mol. The number of nitrogens with two attached hydrogens (primary N) is 1. The average Bonchev–Trinajstić information content (AvgIpc) is 2.98. The van der Waals surface area contributed by atoms with Gasteiger partial charge < -0.3 is 5.73 Å². The molecule has 6 atom stereocenters. The fourth-order valence-corrected chi connectivity index (χ4v) is 8.59. The van der Waals surface area contributed by atoms with Gasteiger partial charge in [-0.25, -0.2) is 0 Å². The van der Waals surface area contributed by atoms with E-state index in [1.54, 1.807) is 5.57 Å². The number of rotatable bonds is 5. The molecule has 6 unspecified atom stereocenters. The standard InChI is InChI=1S/C28H49N/c1-20(2)25(3,4)16-9-11-21-12-13-23-27(21,6)18-15-24-26(5)17-8-7-10-22(26)14-19-28(23,24)29/h14,20-21,23-24H,7-13,15-19,29H2,1-6H3.